The molecular formula is C30H34Cl2N4O6. The molecule has 224 valence electrons. The predicted octanol–water partition coefficient (Wildman–Crippen LogP) is 3.82. The Hall–Kier alpha value is -3.89. The van der Waals surface area contributed by atoms with E-state index in [4.69, 9.17) is 23.2 Å². The highest BCUT2D eigenvalue weighted by atomic mass is 35.5. The summed E-state index contributed by atoms with van der Waals surface area (Å²) in [6, 6.07) is 12.4. The number of nitrogens with zero attached hydrogens (tertiary/aromatic N) is 2. The highest BCUT2D eigenvalue weighted by Crippen LogP contribution is 2.17. The van der Waals surface area contributed by atoms with E-state index < -0.39 is 17.9 Å². The number of carboxylic acids is 1. The van der Waals surface area contributed by atoms with Crippen LogP contribution in [0.4, 0.5) is 11.4 Å². The molecule has 0 saturated carbocycles. The lowest BCUT2D eigenvalue weighted by Gasteiger charge is -2.23. The summed E-state index contributed by atoms with van der Waals surface area (Å²) in [5.74, 6) is -1.62. The largest absolute Gasteiger partial charge is 0.480 e. The first-order valence-corrected chi connectivity index (χ1v) is 14.7. The van der Waals surface area contributed by atoms with Crippen molar-refractivity contribution in [2.45, 2.75) is 38.1 Å². The van der Waals surface area contributed by atoms with E-state index in [0.717, 1.165) is 11.3 Å². The SMILES string of the molecule is O=C(CCCCCN1C(=O)C=CC1=O)Nc1ccc(C(=O)NC(Cc2ccc(N(CCCl)CCCl)cc2)C(=O)O)cc1. The summed E-state index contributed by atoms with van der Waals surface area (Å²) in [5.41, 5.74) is 2.43. The minimum Gasteiger partial charge on any atom is -0.480 e. The predicted molar refractivity (Wildman–Crippen MR) is 162 cm³/mol. The number of hydrogen-bond acceptors (Lipinski definition) is 6. The summed E-state index contributed by atoms with van der Waals surface area (Å²) in [6.45, 7) is 1.60. The lowest BCUT2D eigenvalue weighted by atomic mass is 10.0. The first-order valence-electron chi connectivity index (χ1n) is 13.6. The molecule has 2 aromatic carbocycles. The van der Waals surface area contributed by atoms with Gasteiger partial charge >= 0.3 is 5.97 Å². The first-order chi connectivity index (χ1) is 20.2. The van der Waals surface area contributed by atoms with Crippen LogP contribution in [-0.2, 0) is 25.6 Å². The van der Waals surface area contributed by atoms with Crippen molar-refractivity contribution >= 4 is 64.2 Å². The number of nitrogens with one attached hydrogen (secondary N) is 2. The number of halogens is 2. The number of alkyl halides is 2. The van der Waals surface area contributed by atoms with Crippen molar-refractivity contribution in [3.05, 3.63) is 71.8 Å². The highest BCUT2D eigenvalue weighted by molar-refractivity contribution is 6.18. The van der Waals surface area contributed by atoms with E-state index in [1.807, 2.05) is 29.2 Å². The molecule has 2 aromatic rings. The van der Waals surface area contributed by atoms with E-state index in [2.05, 4.69) is 10.6 Å². The number of imide groups is 1. The van der Waals surface area contributed by atoms with Crippen molar-refractivity contribution < 1.29 is 29.1 Å². The van der Waals surface area contributed by atoms with Crippen molar-refractivity contribution in [2.75, 3.05) is 41.6 Å². The van der Waals surface area contributed by atoms with Crippen molar-refractivity contribution in [2.24, 2.45) is 0 Å². The topological polar surface area (TPSA) is 136 Å². The lowest BCUT2D eigenvalue weighted by Crippen LogP contribution is -2.42. The fourth-order valence-corrected chi connectivity index (χ4v) is 4.81. The summed E-state index contributed by atoms with van der Waals surface area (Å²) in [4.78, 5) is 63.2. The molecule has 0 aromatic heterocycles. The molecule has 1 aliphatic heterocycles. The van der Waals surface area contributed by atoms with Crippen LogP contribution in [0.2, 0.25) is 0 Å². The number of anilines is 2. The molecule has 0 aliphatic carbocycles. The summed E-state index contributed by atoms with van der Waals surface area (Å²) < 4.78 is 0. The maximum Gasteiger partial charge on any atom is 0.326 e. The Labute approximate surface area is 254 Å². The molecule has 0 saturated heterocycles. The van der Waals surface area contributed by atoms with Gasteiger partial charge in [0.1, 0.15) is 6.04 Å². The second kappa shape index (κ2) is 16.5. The van der Waals surface area contributed by atoms with E-state index in [1.54, 1.807) is 12.1 Å². The molecule has 1 heterocycles. The molecule has 3 N–H and O–H groups in total. The van der Waals surface area contributed by atoms with Crippen LogP contribution < -0.4 is 15.5 Å². The average Bonchev–Trinajstić information content (AvgIpc) is 3.29. The number of unbranched alkanes of at least 4 members (excludes halogenated alkanes) is 2. The zero-order valence-corrected chi connectivity index (χ0v) is 24.6. The zero-order valence-electron chi connectivity index (χ0n) is 23.1. The molecule has 3 rings (SSSR count). The van der Waals surface area contributed by atoms with Gasteiger partial charge in [0.15, 0.2) is 0 Å². The second-order valence-corrected chi connectivity index (χ2v) is 10.5. The van der Waals surface area contributed by atoms with E-state index >= 15 is 0 Å². The van der Waals surface area contributed by atoms with Crippen LogP contribution in [0.25, 0.3) is 0 Å². The Morgan fingerprint density at radius 2 is 1.48 bits per heavy atom. The van der Waals surface area contributed by atoms with Crippen LogP contribution in [0.15, 0.2) is 60.7 Å². The van der Waals surface area contributed by atoms with Gasteiger partial charge < -0.3 is 20.6 Å². The fourth-order valence-electron chi connectivity index (χ4n) is 4.41. The van der Waals surface area contributed by atoms with Crippen molar-refractivity contribution in [1.29, 1.82) is 0 Å². The fraction of sp³-hybridized carbons (Fsp3) is 0.367. The summed E-state index contributed by atoms with van der Waals surface area (Å²) in [6.07, 6.45) is 4.74. The quantitative estimate of drug-likeness (QED) is 0.140. The molecule has 10 nitrogen and oxygen atoms in total. The summed E-state index contributed by atoms with van der Waals surface area (Å²) >= 11 is 11.7. The van der Waals surface area contributed by atoms with Gasteiger partial charge in [-0.05, 0) is 54.8 Å². The Bertz CT molecular complexity index is 1260. The molecule has 0 bridgehead atoms. The van der Waals surface area contributed by atoms with Gasteiger partial charge in [-0.15, -0.1) is 23.2 Å². The van der Waals surface area contributed by atoms with Gasteiger partial charge in [0.05, 0.1) is 0 Å². The number of amides is 4. The number of hydrogen-bond donors (Lipinski definition) is 3. The third kappa shape index (κ3) is 9.88. The number of carbonyl (C=O) groups is 5. The molecule has 1 atom stereocenters. The van der Waals surface area contributed by atoms with E-state index in [1.165, 1.54) is 29.2 Å². The van der Waals surface area contributed by atoms with Crippen molar-refractivity contribution in [1.82, 2.24) is 10.2 Å². The highest BCUT2D eigenvalue weighted by Gasteiger charge is 2.23. The van der Waals surface area contributed by atoms with Crippen LogP contribution >= 0.6 is 23.2 Å². The zero-order chi connectivity index (χ0) is 30.5. The Kier molecular flexibility index (Phi) is 12.8. The molecule has 12 heteroatoms. The standard InChI is InChI=1S/C30H34Cl2N4O6/c31-15-18-35(19-16-32)24-11-5-21(6-12-24)20-25(30(41)42)34-29(40)22-7-9-23(10-8-22)33-26(37)4-2-1-3-17-36-27(38)13-14-28(36)39/h5-14,25H,1-4,15-20H2,(H,33,37)(H,34,40)(H,41,42). The van der Waals surface area contributed by atoms with Crippen LogP contribution in [0.5, 0.6) is 0 Å². The molecule has 0 radical (unpaired) electrons. The number of carbonyl (C=O) groups excluding carboxylic acids is 4. The lowest BCUT2D eigenvalue weighted by molar-refractivity contribution is -0.139. The average molecular weight is 618 g/mol. The van der Waals surface area contributed by atoms with Gasteiger partial charge in [-0.2, -0.15) is 0 Å². The third-order valence-corrected chi connectivity index (χ3v) is 7.01. The molecule has 0 fully saturated rings. The van der Waals surface area contributed by atoms with Crippen LogP contribution in [0.1, 0.15) is 41.6 Å². The Balaban J connectivity index is 1.45. The monoisotopic (exact) mass is 616 g/mol. The van der Waals surface area contributed by atoms with Crippen LogP contribution in [0.3, 0.4) is 0 Å². The second-order valence-electron chi connectivity index (χ2n) is 9.70. The molecule has 42 heavy (non-hydrogen) atoms. The van der Waals surface area contributed by atoms with Gasteiger partial charge in [-0.1, -0.05) is 18.6 Å². The molecular weight excluding hydrogens is 583 g/mol. The Morgan fingerprint density at radius 3 is 2.05 bits per heavy atom. The van der Waals surface area contributed by atoms with Gasteiger partial charge in [0, 0.05) is 73.3 Å². The molecule has 1 aliphatic rings. The van der Waals surface area contributed by atoms with E-state index in [-0.39, 0.29) is 36.1 Å². The van der Waals surface area contributed by atoms with Crippen molar-refractivity contribution in [3.63, 3.8) is 0 Å². The van der Waals surface area contributed by atoms with Gasteiger partial charge in [-0.25, -0.2) is 4.79 Å². The summed E-state index contributed by atoms with van der Waals surface area (Å²) in [7, 11) is 0. The number of benzene rings is 2. The van der Waals surface area contributed by atoms with Gasteiger partial charge in [0.25, 0.3) is 17.7 Å². The maximum atomic E-state index is 12.8. The van der Waals surface area contributed by atoms with E-state index in [9.17, 15) is 29.1 Å². The summed E-state index contributed by atoms with van der Waals surface area (Å²) in [5, 5.41) is 15.0. The third-order valence-electron chi connectivity index (χ3n) is 6.67. The first kappa shape index (κ1) is 32.6. The minimum atomic E-state index is -1.16. The number of rotatable bonds is 17. The maximum absolute atomic E-state index is 12.8. The molecule has 4 amide bonds. The Morgan fingerprint density at radius 1 is 0.857 bits per heavy atom. The molecule has 1 unspecified atom stereocenters. The number of aliphatic carboxylic acids is 1. The minimum absolute atomic E-state index is 0.0992. The van der Waals surface area contributed by atoms with E-state index in [0.29, 0.717) is 56.3 Å². The van der Waals surface area contributed by atoms with Gasteiger partial charge in [-0.3, -0.25) is 24.1 Å². The van der Waals surface area contributed by atoms with Crippen molar-refractivity contribution in [3.8, 4) is 0 Å². The molecule has 0 spiro atoms. The van der Waals surface area contributed by atoms with Gasteiger partial charge in [0.2, 0.25) is 5.91 Å². The smallest absolute Gasteiger partial charge is 0.326 e. The number of carboxylic acid groups (broad SMARTS) is 1. The normalized spacial score (nSPS) is 13.2. The van der Waals surface area contributed by atoms with Crippen LogP contribution in [-0.4, -0.2) is 77.0 Å². The van der Waals surface area contributed by atoms with Crippen LogP contribution in [0, 0.1) is 0 Å².